The highest BCUT2D eigenvalue weighted by Gasteiger charge is 2.43. The summed E-state index contributed by atoms with van der Waals surface area (Å²) in [6, 6.07) is 7.94. The van der Waals surface area contributed by atoms with Gasteiger partial charge in [0.25, 0.3) is 5.91 Å². The first-order chi connectivity index (χ1) is 9.96. The summed E-state index contributed by atoms with van der Waals surface area (Å²) in [6.07, 6.45) is 1.82. The molecular formula is C14H15N3O4. The normalized spacial score (nSPS) is 16.4. The van der Waals surface area contributed by atoms with Crippen molar-refractivity contribution in [1.29, 1.82) is 5.26 Å². The SMILES string of the molecule is CC(C#N)(NC(=O)COc1ccccc1[N+](=O)[O-])C1CC1. The number of nitrogens with one attached hydrogen (secondary N) is 1. The molecule has 0 saturated heterocycles. The summed E-state index contributed by atoms with van der Waals surface area (Å²) in [6.45, 7) is 1.31. The van der Waals surface area contributed by atoms with E-state index in [-0.39, 0.29) is 24.0 Å². The van der Waals surface area contributed by atoms with Crippen LogP contribution in [0.5, 0.6) is 5.75 Å². The van der Waals surface area contributed by atoms with Gasteiger partial charge in [-0.2, -0.15) is 5.26 Å². The Morgan fingerprint density at radius 2 is 2.24 bits per heavy atom. The van der Waals surface area contributed by atoms with E-state index in [1.807, 2.05) is 0 Å². The van der Waals surface area contributed by atoms with E-state index in [0.29, 0.717) is 0 Å². The Kier molecular flexibility index (Phi) is 4.08. The van der Waals surface area contributed by atoms with E-state index in [2.05, 4.69) is 11.4 Å². The summed E-state index contributed by atoms with van der Waals surface area (Å²) in [7, 11) is 0. The van der Waals surface area contributed by atoms with Crippen LogP contribution in [0.4, 0.5) is 5.69 Å². The first kappa shape index (κ1) is 14.8. The lowest BCUT2D eigenvalue weighted by atomic mass is 9.98. The maximum absolute atomic E-state index is 11.8. The van der Waals surface area contributed by atoms with Gasteiger partial charge >= 0.3 is 5.69 Å². The van der Waals surface area contributed by atoms with Crippen molar-refractivity contribution in [3.05, 3.63) is 34.4 Å². The lowest BCUT2D eigenvalue weighted by molar-refractivity contribution is -0.385. The molecule has 2 rings (SSSR count). The van der Waals surface area contributed by atoms with Gasteiger partial charge in [0.2, 0.25) is 0 Å². The molecular weight excluding hydrogens is 274 g/mol. The smallest absolute Gasteiger partial charge is 0.310 e. The van der Waals surface area contributed by atoms with Gasteiger partial charge in [0.15, 0.2) is 12.4 Å². The third-order valence-electron chi connectivity index (χ3n) is 3.45. The molecule has 1 amide bonds. The van der Waals surface area contributed by atoms with Crippen LogP contribution in [0.15, 0.2) is 24.3 Å². The largest absolute Gasteiger partial charge is 0.477 e. The molecule has 7 nitrogen and oxygen atoms in total. The Hall–Kier alpha value is -2.62. The number of rotatable bonds is 6. The minimum absolute atomic E-state index is 0.0303. The third-order valence-corrected chi connectivity index (χ3v) is 3.45. The van der Waals surface area contributed by atoms with Gasteiger partial charge in [-0.15, -0.1) is 0 Å². The van der Waals surface area contributed by atoms with Crippen LogP contribution in [0, 0.1) is 27.4 Å². The van der Waals surface area contributed by atoms with E-state index in [9.17, 15) is 14.9 Å². The molecule has 1 aliphatic carbocycles. The molecule has 1 aliphatic rings. The van der Waals surface area contributed by atoms with Crippen LogP contribution >= 0.6 is 0 Å². The zero-order valence-corrected chi connectivity index (χ0v) is 11.5. The van der Waals surface area contributed by atoms with Gasteiger partial charge in [0.1, 0.15) is 5.54 Å². The van der Waals surface area contributed by atoms with Gasteiger partial charge in [0.05, 0.1) is 11.0 Å². The fraction of sp³-hybridized carbons (Fsp3) is 0.429. The Morgan fingerprint density at radius 1 is 1.57 bits per heavy atom. The monoisotopic (exact) mass is 289 g/mol. The second-order valence-electron chi connectivity index (χ2n) is 5.15. The number of nitriles is 1. The van der Waals surface area contributed by atoms with Gasteiger partial charge in [-0.05, 0) is 31.7 Å². The summed E-state index contributed by atoms with van der Waals surface area (Å²) in [4.78, 5) is 22.1. The average Bonchev–Trinajstić information content (AvgIpc) is 3.30. The number of amides is 1. The number of nitrogens with zero attached hydrogens (tertiary/aromatic N) is 2. The number of benzene rings is 1. The van der Waals surface area contributed by atoms with Crippen LogP contribution in [0.25, 0.3) is 0 Å². The zero-order chi connectivity index (χ0) is 15.5. The summed E-state index contributed by atoms with van der Waals surface area (Å²) in [5.41, 5.74) is -1.10. The molecule has 7 heteroatoms. The summed E-state index contributed by atoms with van der Waals surface area (Å²) >= 11 is 0. The van der Waals surface area contributed by atoms with E-state index in [1.54, 1.807) is 13.0 Å². The van der Waals surface area contributed by atoms with E-state index in [1.165, 1.54) is 18.2 Å². The van der Waals surface area contributed by atoms with Crippen molar-refractivity contribution in [1.82, 2.24) is 5.32 Å². The van der Waals surface area contributed by atoms with Crippen molar-refractivity contribution in [3.8, 4) is 11.8 Å². The minimum Gasteiger partial charge on any atom is -0.477 e. The molecule has 0 aliphatic heterocycles. The number of hydrogen-bond donors (Lipinski definition) is 1. The molecule has 0 bridgehead atoms. The van der Waals surface area contributed by atoms with Crippen LogP contribution in [0.2, 0.25) is 0 Å². The van der Waals surface area contributed by atoms with Crippen molar-refractivity contribution in [3.63, 3.8) is 0 Å². The van der Waals surface area contributed by atoms with Crippen molar-refractivity contribution < 1.29 is 14.5 Å². The highest BCUT2D eigenvalue weighted by molar-refractivity contribution is 5.79. The van der Waals surface area contributed by atoms with Gasteiger partial charge in [-0.1, -0.05) is 12.1 Å². The maximum atomic E-state index is 11.8. The number of carbonyl (C=O) groups is 1. The van der Waals surface area contributed by atoms with Crippen LogP contribution in [-0.4, -0.2) is 23.0 Å². The lowest BCUT2D eigenvalue weighted by Gasteiger charge is -2.22. The predicted molar refractivity (Wildman–Crippen MR) is 73.5 cm³/mol. The first-order valence-electron chi connectivity index (χ1n) is 6.55. The molecule has 1 fully saturated rings. The number of nitro groups is 1. The predicted octanol–water partition coefficient (Wildman–Crippen LogP) is 1.78. The van der Waals surface area contributed by atoms with Crippen LogP contribution in [-0.2, 0) is 4.79 Å². The van der Waals surface area contributed by atoms with Gasteiger partial charge in [-0.25, -0.2) is 0 Å². The van der Waals surface area contributed by atoms with Gasteiger partial charge in [0, 0.05) is 6.07 Å². The summed E-state index contributed by atoms with van der Waals surface area (Å²) < 4.78 is 5.19. The van der Waals surface area contributed by atoms with E-state index in [0.717, 1.165) is 12.8 Å². The van der Waals surface area contributed by atoms with E-state index in [4.69, 9.17) is 10.00 Å². The number of nitro benzene ring substituents is 1. The molecule has 0 radical (unpaired) electrons. The number of carbonyl (C=O) groups excluding carboxylic acids is 1. The molecule has 0 spiro atoms. The molecule has 1 aromatic carbocycles. The Bertz CT molecular complexity index is 606. The van der Waals surface area contributed by atoms with Crippen LogP contribution < -0.4 is 10.1 Å². The number of ether oxygens (including phenoxy) is 1. The Labute approximate surface area is 121 Å². The molecule has 1 saturated carbocycles. The second kappa shape index (κ2) is 5.79. The van der Waals surface area contributed by atoms with Crippen molar-refractivity contribution in [2.45, 2.75) is 25.3 Å². The molecule has 110 valence electrons. The number of hydrogen-bond acceptors (Lipinski definition) is 5. The highest BCUT2D eigenvalue weighted by Crippen LogP contribution is 2.39. The zero-order valence-electron chi connectivity index (χ0n) is 11.5. The number of para-hydroxylation sites is 2. The van der Waals surface area contributed by atoms with E-state index >= 15 is 0 Å². The minimum atomic E-state index is -0.900. The lowest BCUT2D eigenvalue weighted by Crippen LogP contribution is -2.48. The fourth-order valence-electron chi connectivity index (χ4n) is 2.08. The van der Waals surface area contributed by atoms with Gasteiger partial charge in [-0.3, -0.25) is 14.9 Å². The first-order valence-corrected chi connectivity index (χ1v) is 6.55. The molecule has 1 atom stereocenters. The Balaban J connectivity index is 1.96. The molecule has 0 heterocycles. The summed E-state index contributed by atoms with van der Waals surface area (Å²) in [5.74, 6) is -0.274. The Morgan fingerprint density at radius 3 is 2.81 bits per heavy atom. The molecule has 1 aromatic rings. The van der Waals surface area contributed by atoms with Crippen molar-refractivity contribution in [2.24, 2.45) is 5.92 Å². The van der Waals surface area contributed by atoms with Gasteiger partial charge < -0.3 is 10.1 Å². The fourth-order valence-corrected chi connectivity index (χ4v) is 2.08. The van der Waals surface area contributed by atoms with Crippen LogP contribution in [0.3, 0.4) is 0 Å². The maximum Gasteiger partial charge on any atom is 0.310 e. The molecule has 1 N–H and O–H groups in total. The van der Waals surface area contributed by atoms with Crippen molar-refractivity contribution >= 4 is 11.6 Å². The highest BCUT2D eigenvalue weighted by atomic mass is 16.6. The molecule has 0 aromatic heterocycles. The quantitative estimate of drug-likeness (QED) is 0.634. The van der Waals surface area contributed by atoms with Crippen molar-refractivity contribution in [2.75, 3.05) is 6.61 Å². The van der Waals surface area contributed by atoms with E-state index < -0.39 is 16.4 Å². The average molecular weight is 289 g/mol. The standard InChI is InChI=1S/C14H15N3O4/c1-14(9-15,10-6-7-10)16-13(18)8-21-12-5-3-2-4-11(12)17(19)20/h2-5,10H,6-8H2,1H3,(H,16,18). The molecule has 21 heavy (non-hydrogen) atoms. The topological polar surface area (TPSA) is 105 Å². The third kappa shape index (κ3) is 3.48. The second-order valence-corrected chi connectivity index (χ2v) is 5.15. The van der Waals surface area contributed by atoms with Crippen LogP contribution in [0.1, 0.15) is 19.8 Å². The molecule has 1 unspecified atom stereocenters. The summed E-state index contributed by atoms with van der Waals surface area (Å²) in [5, 5.41) is 22.6.